The van der Waals surface area contributed by atoms with Crippen molar-refractivity contribution in [3.63, 3.8) is 0 Å². The van der Waals surface area contributed by atoms with Gasteiger partial charge in [0.05, 0.1) is 5.69 Å². The molecule has 3 rings (SSSR count). The summed E-state index contributed by atoms with van der Waals surface area (Å²) < 4.78 is 1.96. The largest absolute Gasteiger partial charge is 0.358 e. The highest BCUT2D eigenvalue weighted by Crippen LogP contribution is 2.18. The molecule has 7 heteroatoms. The highest BCUT2D eigenvalue weighted by atomic mass is 35.5. The molecule has 0 bridgehead atoms. The predicted molar refractivity (Wildman–Crippen MR) is 110 cm³/mol. The maximum absolute atomic E-state index is 6.27. The lowest BCUT2D eigenvalue weighted by Gasteiger charge is -2.36. The summed E-state index contributed by atoms with van der Waals surface area (Å²) in [4.78, 5) is 4.67. The van der Waals surface area contributed by atoms with E-state index >= 15 is 0 Å². The second kappa shape index (κ2) is 8.84. The molecule has 1 aromatic carbocycles. The molecule has 140 valence electrons. The maximum Gasteiger partial charge on any atom is 0.169 e. The first-order chi connectivity index (χ1) is 12.6. The van der Waals surface area contributed by atoms with E-state index in [9.17, 15) is 0 Å². The normalized spacial score (nSPS) is 15.3. The van der Waals surface area contributed by atoms with E-state index in [0.29, 0.717) is 0 Å². The molecule has 0 amide bonds. The van der Waals surface area contributed by atoms with E-state index in [0.717, 1.165) is 61.6 Å². The lowest BCUT2D eigenvalue weighted by molar-refractivity contribution is 0.174. The van der Waals surface area contributed by atoms with Crippen LogP contribution in [0, 0.1) is 6.92 Å². The SMILES string of the molecule is CCn1cc(CNC(=S)N2CCN(Cc3ccccc3Cl)CC2)c(C)n1. The van der Waals surface area contributed by atoms with Crippen LogP contribution in [-0.2, 0) is 19.6 Å². The Bertz CT molecular complexity index is 752. The van der Waals surface area contributed by atoms with Gasteiger partial charge in [0, 0.05) is 62.6 Å². The first kappa shape index (κ1) is 19.1. The van der Waals surface area contributed by atoms with Gasteiger partial charge in [-0.2, -0.15) is 5.10 Å². The third-order valence-corrected chi connectivity index (χ3v) is 5.58. The van der Waals surface area contributed by atoms with Gasteiger partial charge < -0.3 is 10.2 Å². The Labute approximate surface area is 165 Å². The van der Waals surface area contributed by atoms with Crippen molar-refractivity contribution in [3.8, 4) is 0 Å². The Morgan fingerprint density at radius 3 is 2.58 bits per heavy atom. The van der Waals surface area contributed by atoms with Gasteiger partial charge in [0.25, 0.3) is 0 Å². The maximum atomic E-state index is 6.27. The van der Waals surface area contributed by atoms with Gasteiger partial charge in [0.2, 0.25) is 0 Å². The molecule has 2 heterocycles. The molecule has 0 radical (unpaired) electrons. The number of aromatic nitrogens is 2. The lowest BCUT2D eigenvalue weighted by Crippen LogP contribution is -2.51. The molecule has 1 aromatic heterocycles. The fourth-order valence-corrected chi connectivity index (χ4v) is 3.60. The van der Waals surface area contributed by atoms with Gasteiger partial charge in [0.1, 0.15) is 0 Å². The minimum atomic E-state index is 0.727. The van der Waals surface area contributed by atoms with Gasteiger partial charge in [-0.1, -0.05) is 29.8 Å². The van der Waals surface area contributed by atoms with Crippen LogP contribution in [0.3, 0.4) is 0 Å². The lowest BCUT2D eigenvalue weighted by atomic mass is 10.2. The van der Waals surface area contributed by atoms with Crippen LogP contribution in [0.25, 0.3) is 0 Å². The Morgan fingerprint density at radius 1 is 1.19 bits per heavy atom. The van der Waals surface area contributed by atoms with Gasteiger partial charge in [-0.25, -0.2) is 0 Å². The average molecular weight is 392 g/mol. The molecule has 0 unspecified atom stereocenters. The fraction of sp³-hybridized carbons (Fsp3) is 0.474. The van der Waals surface area contributed by atoms with Crippen LogP contribution in [0.15, 0.2) is 30.5 Å². The third-order valence-electron chi connectivity index (χ3n) is 4.81. The molecule has 0 atom stereocenters. The summed E-state index contributed by atoms with van der Waals surface area (Å²) in [6.07, 6.45) is 2.09. The van der Waals surface area contributed by atoms with Gasteiger partial charge >= 0.3 is 0 Å². The standard InChI is InChI=1S/C19H26ClN5S/c1-3-25-14-17(15(2)22-25)12-21-19(26)24-10-8-23(9-11-24)13-16-6-4-5-7-18(16)20/h4-7,14H,3,8-13H2,1-2H3,(H,21,26). The number of rotatable bonds is 5. The van der Waals surface area contributed by atoms with Gasteiger partial charge in [-0.05, 0) is 37.7 Å². The summed E-state index contributed by atoms with van der Waals surface area (Å²) in [6.45, 7) is 10.5. The molecule has 0 saturated carbocycles. The van der Waals surface area contributed by atoms with Gasteiger partial charge in [0.15, 0.2) is 5.11 Å². The van der Waals surface area contributed by atoms with Crippen LogP contribution in [0.5, 0.6) is 0 Å². The molecule has 2 aromatic rings. The van der Waals surface area contributed by atoms with Gasteiger partial charge in [-0.15, -0.1) is 0 Å². The Kier molecular flexibility index (Phi) is 6.51. The third kappa shape index (κ3) is 4.75. The topological polar surface area (TPSA) is 36.3 Å². The van der Waals surface area contributed by atoms with Crippen LogP contribution < -0.4 is 5.32 Å². The first-order valence-electron chi connectivity index (χ1n) is 9.08. The van der Waals surface area contributed by atoms with E-state index in [4.69, 9.17) is 23.8 Å². The van der Waals surface area contributed by atoms with Gasteiger partial charge in [-0.3, -0.25) is 9.58 Å². The quantitative estimate of drug-likeness (QED) is 0.793. The fourth-order valence-electron chi connectivity index (χ4n) is 3.15. The van der Waals surface area contributed by atoms with Crippen molar-refractivity contribution in [3.05, 3.63) is 52.3 Å². The van der Waals surface area contributed by atoms with Crippen molar-refractivity contribution >= 4 is 28.9 Å². The highest BCUT2D eigenvalue weighted by Gasteiger charge is 2.19. The van der Waals surface area contributed by atoms with Crippen molar-refractivity contribution in [1.82, 2.24) is 24.9 Å². The summed E-state index contributed by atoms with van der Waals surface area (Å²) in [6, 6.07) is 8.06. The smallest absolute Gasteiger partial charge is 0.169 e. The molecule has 1 N–H and O–H groups in total. The average Bonchev–Trinajstić information content (AvgIpc) is 3.02. The van der Waals surface area contributed by atoms with Crippen molar-refractivity contribution in [2.75, 3.05) is 26.2 Å². The second-order valence-corrected chi connectivity index (χ2v) is 7.40. The molecule has 1 aliphatic rings. The second-order valence-electron chi connectivity index (χ2n) is 6.61. The van der Waals surface area contributed by atoms with E-state index in [2.05, 4.69) is 39.4 Å². The van der Waals surface area contributed by atoms with Crippen molar-refractivity contribution in [1.29, 1.82) is 0 Å². The summed E-state index contributed by atoms with van der Waals surface area (Å²) in [5, 5.41) is 9.53. The number of piperazine rings is 1. The van der Waals surface area contributed by atoms with E-state index in [-0.39, 0.29) is 0 Å². The number of nitrogens with zero attached hydrogens (tertiary/aromatic N) is 4. The Morgan fingerprint density at radius 2 is 1.92 bits per heavy atom. The Hall–Kier alpha value is -1.63. The summed E-state index contributed by atoms with van der Waals surface area (Å²) in [5.74, 6) is 0. The zero-order chi connectivity index (χ0) is 18.5. The molecule has 26 heavy (non-hydrogen) atoms. The molecule has 1 fully saturated rings. The summed E-state index contributed by atoms with van der Waals surface area (Å²) >= 11 is 11.9. The van der Waals surface area contributed by atoms with Crippen molar-refractivity contribution in [2.45, 2.75) is 33.5 Å². The minimum Gasteiger partial charge on any atom is -0.358 e. The first-order valence-corrected chi connectivity index (χ1v) is 9.87. The number of hydrogen-bond donors (Lipinski definition) is 1. The number of benzene rings is 1. The highest BCUT2D eigenvalue weighted by molar-refractivity contribution is 7.80. The number of hydrogen-bond acceptors (Lipinski definition) is 3. The number of halogens is 1. The minimum absolute atomic E-state index is 0.727. The number of nitrogens with one attached hydrogen (secondary N) is 1. The number of thiocarbonyl (C=S) groups is 1. The number of aryl methyl sites for hydroxylation is 2. The van der Waals surface area contributed by atoms with E-state index in [1.54, 1.807) is 0 Å². The zero-order valence-electron chi connectivity index (χ0n) is 15.4. The van der Waals surface area contributed by atoms with Crippen LogP contribution in [0.2, 0.25) is 5.02 Å². The van der Waals surface area contributed by atoms with E-state index < -0.39 is 0 Å². The molecule has 1 aliphatic heterocycles. The molecular weight excluding hydrogens is 366 g/mol. The zero-order valence-corrected chi connectivity index (χ0v) is 17.0. The monoisotopic (exact) mass is 391 g/mol. The summed E-state index contributed by atoms with van der Waals surface area (Å²) in [5.41, 5.74) is 3.45. The van der Waals surface area contributed by atoms with Crippen LogP contribution in [0.1, 0.15) is 23.7 Å². The van der Waals surface area contributed by atoms with E-state index in [1.165, 1.54) is 11.1 Å². The van der Waals surface area contributed by atoms with Crippen molar-refractivity contribution < 1.29 is 0 Å². The van der Waals surface area contributed by atoms with Crippen molar-refractivity contribution in [2.24, 2.45) is 0 Å². The van der Waals surface area contributed by atoms with Crippen LogP contribution in [-0.4, -0.2) is 50.9 Å². The molecule has 5 nitrogen and oxygen atoms in total. The molecule has 1 saturated heterocycles. The summed E-state index contributed by atoms with van der Waals surface area (Å²) in [7, 11) is 0. The van der Waals surface area contributed by atoms with Crippen LogP contribution >= 0.6 is 23.8 Å². The van der Waals surface area contributed by atoms with Crippen LogP contribution in [0.4, 0.5) is 0 Å². The molecule has 0 aliphatic carbocycles. The van der Waals surface area contributed by atoms with E-state index in [1.807, 2.05) is 29.8 Å². The predicted octanol–water partition coefficient (Wildman–Crippen LogP) is 3.06. The Balaban J connectivity index is 1.46. The molecule has 0 spiro atoms. The molecular formula is C19H26ClN5S.